The molecule has 0 aliphatic carbocycles. The lowest BCUT2D eigenvalue weighted by Crippen LogP contribution is -2.58. The molecule has 2 heterocycles. The number of para-hydroxylation sites is 3. The molecule has 0 spiro atoms. The second kappa shape index (κ2) is 6.67. The van der Waals surface area contributed by atoms with Gasteiger partial charge in [-0.1, -0.05) is 30.3 Å². The molecule has 2 aliphatic heterocycles. The summed E-state index contributed by atoms with van der Waals surface area (Å²) in [5, 5.41) is 0. The summed E-state index contributed by atoms with van der Waals surface area (Å²) in [6.07, 6.45) is 0.751. The van der Waals surface area contributed by atoms with E-state index in [0.29, 0.717) is 25.4 Å². The highest BCUT2D eigenvalue weighted by molar-refractivity contribution is 5.80. The lowest BCUT2D eigenvalue weighted by Gasteiger charge is -2.41. The van der Waals surface area contributed by atoms with Crippen LogP contribution in [0, 0.1) is 5.92 Å². The smallest absolute Gasteiger partial charge is 0.229 e. The van der Waals surface area contributed by atoms with E-state index in [2.05, 4.69) is 0 Å². The van der Waals surface area contributed by atoms with Crippen LogP contribution in [0.4, 0.5) is 0 Å². The van der Waals surface area contributed by atoms with Gasteiger partial charge in [-0.2, -0.15) is 0 Å². The van der Waals surface area contributed by atoms with Gasteiger partial charge in [0, 0.05) is 0 Å². The number of fused-ring (bicyclic) bond motifs is 1. The number of rotatable bonds is 4. The van der Waals surface area contributed by atoms with Gasteiger partial charge in [-0.3, -0.25) is 4.79 Å². The van der Waals surface area contributed by atoms with Gasteiger partial charge in [0.25, 0.3) is 0 Å². The third kappa shape index (κ3) is 3.14. The van der Waals surface area contributed by atoms with Gasteiger partial charge in [0.1, 0.15) is 18.5 Å². The second-order valence-corrected chi connectivity index (χ2v) is 6.45. The Morgan fingerprint density at radius 1 is 1.08 bits per heavy atom. The highest BCUT2D eigenvalue weighted by Gasteiger charge is 2.37. The fraction of sp³-hybridized carbons (Fsp3) is 0.350. The molecule has 0 N–H and O–H groups in total. The number of amides is 1. The molecule has 2 aromatic carbocycles. The van der Waals surface area contributed by atoms with Crippen LogP contribution >= 0.6 is 0 Å². The van der Waals surface area contributed by atoms with Gasteiger partial charge in [0.2, 0.25) is 5.91 Å². The highest BCUT2D eigenvalue weighted by atomic mass is 16.5. The van der Waals surface area contributed by atoms with Gasteiger partial charge in [0.15, 0.2) is 11.5 Å². The average molecular weight is 339 g/mol. The lowest BCUT2D eigenvalue weighted by atomic mass is 9.94. The molecular formula is C20H21NO4. The molecule has 130 valence electrons. The predicted molar refractivity (Wildman–Crippen MR) is 93.1 cm³/mol. The van der Waals surface area contributed by atoms with Crippen LogP contribution in [0.5, 0.6) is 17.2 Å². The monoisotopic (exact) mass is 339 g/mol. The van der Waals surface area contributed by atoms with Crippen molar-refractivity contribution in [3.05, 3.63) is 54.1 Å². The van der Waals surface area contributed by atoms with Gasteiger partial charge < -0.3 is 19.1 Å². The Kier molecular flexibility index (Phi) is 4.22. The van der Waals surface area contributed by atoms with E-state index in [1.165, 1.54) is 0 Å². The minimum atomic E-state index is -0.109. The fourth-order valence-corrected chi connectivity index (χ4v) is 3.33. The summed E-state index contributed by atoms with van der Waals surface area (Å²) in [7, 11) is 1.62. The van der Waals surface area contributed by atoms with E-state index in [1.807, 2.05) is 53.4 Å². The van der Waals surface area contributed by atoms with Gasteiger partial charge in [0.05, 0.1) is 26.1 Å². The van der Waals surface area contributed by atoms with Crippen molar-refractivity contribution in [2.45, 2.75) is 12.5 Å². The van der Waals surface area contributed by atoms with Crippen molar-refractivity contribution in [2.75, 3.05) is 26.8 Å². The van der Waals surface area contributed by atoms with E-state index < -0.39 is 0 Å². The third-order valence-corrected chi connectivity index (χ3v) is 4.75. The third-order valence-electron chi connectivity index (χ3n) is 4.75. The van der Waals surface area contributed by atoms with Crippen molar-refractivity contribution in [1.29, 1.82) is 0 Å². The maximum atomic E-state index is 12.7. The molecule has 5 heteroatoms. The Bertz CT molecular complexity index is 770. The van der Waals surface area contributed by atoms with Gasteiger partial charge in [-0.15, -0.1) is 0 Å². The Labute approximate surface area is 147 Å². The molecule has 2 aromatic rings. The SMILES string of the molecule is COc1ccccc1OC1CN(C(=O)[C@H]2COc3ccccc3C2)C1. The number of methoxy groups -OCH3 is 1. The average Bonchev–Trinajstić information content (AvgIpc) is 2.63. The molecule has 5 nitrogen and oxygen atoms in total. The number of hydrogen-bond acceptors (Lipinski definition) is 4. The van der Waals surface area contributed by atoms with Crippen LogP contribution in [0.3, 0.4) is 0 Å². The molecule has 1 fully saturated rings. The zero-order chi connectivity index (χ0) is 17.2. The molecule has 1 amide bonds. The van der Waals surface area contributed by atoms with E-state index in [0.717, 1.165) is 23.5 Å². The summed E-state index contributed by atoms with van der Waals surface area (Å²) in [5.74, 6) is 2.37. The van der Waals surface area contributed by atoms with E-state index in [1.54, 1.807) is 7.11 Å². The first kappa shape index (κ1) is 15.8. The number of likely N-dealkylation sites (tertiary alicyclic amines) is 1. The maximum absolute atomic E-state index is 12.7. The van der Waals surface area contributed by atoms with Crippen molar-refractivity contribution in [1.82, 2.24) is 4.90 Å². The second-order valence-electron chi connectivity index (χ2n) is 6.45. The topological polar surface area (TPSA) is 48.0 Å². The predicted octanol–water partition coefficient (Wildman–Crippen LogP) is 2.54. The van der Waals surface area contributed by atoms with Crippen molar-refractivity contribution in [2.24, 2.45) is 5.92 Å². The van der Waals surface area contributed by atoms with E-state index in [4.69, 9.17) is 14.2 Å². The molecule has 4 rings (SSSR count). The largest absolute Gasteiger partial charge is 0.493 e. The molecule has 2 aliphatic rings. The van der Waals surface area contributed by atoms with Crippen LogP contribution in [0.15, 0.2) is 48.5 Å². The zero-order valence-electron chi connectivity index (χ0n) is 14.2. The first-order chi connectivity index (χ1) is 12.2. The number of carbonyl (C=O) groups is 1. The summed E-state index contributed by atoms with van der Waals surface area (Å²) < 4.78 is 17.0. The number of ether oxygens (including phenoxy) is 3. The van der Waals surface area contributed by atoms with E-state index in [9.17, 15) is 4.79 Å². The lowest BCUT2D eigenvalue weighted by molar-refractivity contribution is -0.145. The molecule has 0 unspecified atom stereocenters. The van der Waals surface area contributed by atoms with Crippen LogP contribution < -0.4 is 14.2 Å². The summed E-state index contributed by atoms with van der Waals surface area (Å²) in [6.45, 7) is 1.66. The van der Waals surface area contributed by atoms with E-state index in [-0.39, 0.29) is 17.9 Å². The zero-order valence-corrected chi connectivity index (χ0v) is 14.2. The summed E-state index contributed by atoms with van der Waals surface area (Å²) >= 11 is 0. The molecule has 1 saturated heterocycles. The molecule has 0 radical (unpaired) electrons. The van der Waals surface area contributed by atoms with Crippen LogP contribution in [0.2, 0.25) is 0 Å². The Balaban J connectivity index is 1.33. The Hall–Kier alpha value is -2.69. The van der Waals surface area contributed by atoms with E-state index >= 15 is 0 Å². The fourth-order valence-electron chi connectivity index (χ4n) is 3.33. The number of hydrogen-bond donors (Lipinski definition) is 0. The number of carbonyl (C=O) groups excluding carboxylic acids is 1. The summed E-state index contributed by atoms with van der Waals surface area (Å²) in [5.41, 5.74) is 1.11. The molecule has 0 aromatic heterocycles. The molecular weight excluding hydrogens is 318 g/mol. The first-order valence-corrected chi connectivity index (χ1v) is 8.54. The standard InChI is InChI=1S/C20H21NO4/c1-23-18-8-4-5-9-19(18)25-16-11-21(12-16)20(22)15-10-14-6-2-3-7-17(14)24-13-15/h2-9,15-16H,10-13H2,1H3/t15-/m1/s1. The highest BCUT2D eigenvalue weighted by Crippen LogP contribution is 2.31. The number of benzene rings is 2. The number of nitrogens with zero attached hydrogens (tertiary/aromatic N) is 1. The minimum absolute atomic E-state index is 0.0112. The van der Waals surface area contributed by atoms with Crippen molar-refractivity contribution in [3.63, 3.8) is 0 Å². The maximum Gasteiger partial charge on any atom is 0.229 e. The first-order valence-electron chi connectivity index (χ1n) is 8.54. The molecule has 25 heavy (non-hydrogen) atoms. The van der Waals surface area contributed by atoms with Crippen LogP contribution in [0.1, 0.15) is 5.56 Å². The van der Waals surface area contributed by atoms with Crippen molar-refractivity contribution < 1.29 is 19.0 Å². The van der Waals surface area contributed by atoms with Crippen molar-refractivity contribution in [3.8, 4) is 17.2 Å². The Morgan fingerprint density at radius 3 is 2.60 bits per heavy atom. The van der Waals surface area contributed by atoms with Crippen molar-refractivity contribution >= 4 is 5.91 Å². The van der Waals surface area contributed by atoms with Crippen LogP contribution in [-0.4, -0.2) is 43.7 Å². The van der Waals surface area contributed by atoms with Crippen LogP contribution in [-0.2, 0) is 11.2 Å². The quantitative estimate of drug-likeness (QED) is 0.859. The normalized spacial score (nSPS) is 19.4. The van der Waals surface area contributed by atoms with Gasteiger partial charge in [-0.05, 0) is 30.2 Å². The minimum Gasteiger partial charge on any atom is -0.493 e. The summed E-state index contributed by atoms with van der Waals surface area (Å²) in [4.78, 5) is 14.5. The van der Waals surface area contributed by atoms with Gasteiger partial charge in [-0.25, -0.2) is 0 Å². The summed E-state index contributed by atoms with van der Waals surface area (Å²) in [6, 6.07) is 15.5. The molecule has 1 atom stereocenters. The Morgan fingerprint density at radius 2 is 1.80 bits per heavy atom. The van der Waals surface area contributed by atoms with Gasteiger partial charge >= 0.3 is 0 Å². The molecule has 0 saturated carbocycles. The van der Waals surface area contributed by atoms with Crippen LogP contribution in [0.25, 0.3) is 0 Å². The molecule has 0 bridgehead atoms.